The predicted octanol–water partition coefficient (Wildman–Crippen LogP) is 13.3. The molecule has 0 saturated carbocycles. The molecular weight excluding hydrogens is 711 g/mol. The highest BCUT2D eigenvalue weighted by molar-refractivity contribution is 7.00. The molecule has 0 bridgehead atoms. The van der Waals surface area contributed by atoms with E-state index in [0.29, 0.717) is 0 Å². The number of benzene rings is 6. The first-order chi connectivity index (χ1) is 27.7. The van der Waals surface area contributed by atoms with Crippen LogP contribution in [0.2, 0.25) is 0 Å². The number of hydrogen-bond acceptors (Lipinski definition) is 2. The van der Waals surface area contributed by atoms with E-state index in [1.807, 2.05) is 0 Å². The quantitative estimate of drug-likeness (QED) is 0.165. The summed E-state index contributed by atoms with van der Waals surface area (Å²) in [6.07, 6.45) is 2.28. The molecule has 298 valence electrons. The van der Waals surface area contributed by atoms with Gasteiger partial charge in [0.1, 0.15) is 0 Å². The third kappa shape index (κ3) is 5.66. The van der Waals surface area contributed by atoms with Crippen molar-refractivity contribution in [1.82, 2.24) is 0 Å². The molecule has 0 radical (unpaired) electrons. The van der Waals surface area contributed by atoms with E-state index in [1.165, 1.54) is 101 Å². The van der Waals surface area contributed by atoms with Crippen LogP contribution in [0.1, 0.15) is 128 Å². The monoisotopic (exact) mass is 772 g/mol. The second-order valence-electron chi connectivity index (χ2n) is 22.3. The minimum atomic E-state index is 0.0607. The molecule has 0 saturated heterocycles. The number of rotatable bonds is 3. The van der Waals surface area contributed by atoms with Gasteiger partial charge < -0.3 is 9.80 Å². The molecule has 2 nitrogen and oxygen atoms in total. The number of fused-ring (bicyclic) bond motifs is 6. The first-order valence-corrected chi connectivity index (χ1v) is 22.1. The van der Waals surface area contributed by atoms with Crippen molar-refractivity contribution in [1.29, 1.82) is 0 Å². The van der Waals surface area contributed by atoms with E-state index in [-0.39, 0.29) is 33.8 Å². The van der Waals surface area contributed by atoms with E-state index < -0.39 is 0 Å². The zero-order chi connectivity index (χ0) is 41.8. The fraction of sp³-hybridized carbons (Fsp3) is 0.357. The van der Waals surface area contributed by atoms with E-state index in [1.54, 1.807) is 0 Å². The molecule has 0 aromatic heterocycles. The molecule has 0 spiro atoms. The Hall–Kier alpha value is -5.02. The van der Waals surface area contributed by atoms with Crippen LogP contribution in [0, 0.1) is 13.8 Å². The van der Waals surface area contributed by atoms with Crippen molar-refractivity contribution in [2.45, 2.75) is 130 Å². The molecule has 0 unspecified atom stereocenters. The molecule has 59 heavy (non-hydrogen) atoms. The zero-order valence-electron chi connectivity index (χ0n) is 37.8. The van der Waals surface area contributed by atoms with Crippen LogP contribution in [-0.4, -0.2) is 6.71 Å². The van der Waals surface area contributed by atoms with Crippen LogP contribution in [0.5, 0.6) is 0 Å². The Balaban J connectivity index is 1.31. The summed E-state index contributed by atoms with van der Waals surface area (Å²) in [6, 6.07) is 43.1. The Morgan fingerprint density at radius 3 is 1.69 bits per heavy atom. The lowest BCUT2D eigenvalue weighted by molar-refractivity contribution is 0.403. The number of aryl methyl sites for hydroxylation is 2. The lowest BCUT2D eigenvalue weighted by atomic mass is 9.33. The summed E-state index contributed by atoms with van der Waals surface area (Å²) in [4.78, 5) is 5.27. The van der Waals surface area contributed by atoms with Crippen LogP contribution in [0.15, 0.2) is 109 Å². The molecule has 6 aromatic rings. The third-order valence-corrected chi connectivity index (χ3v) is 14.7. The number of hydrogen-bond donors (Lipinski definition) is 0. The average Bonchev–Trinajstić information content (AvgIpc) is 3.47. The van der Waals surface area contributed by atoms with Crippen molar-refractivity contribution in [3.63, 3.8) is 0 Å². The summed E-state index contributed by atoms with van der Waals surface area (Å²) >= 11 is 0. The van der Waals surface area contributed by atoms with Gasteiger partial charge in [-0.3, -0.25) is 0 Å². The van der Waals surface area contributed by atoms with Gasteiger partial charge in [-0.25, -0.2) is 0 Å². The second kappa shape index (κ2) is 12.3. The molecule has 0 N–H and O–H groups in total. The molecule has 2 heterocycles. The van der Waals surface area contributed by atoms with Gasteiger partial charge in [0.15, 0.2) is 0 Å². The average molecular weight is 773 g/mol. The van der Waals surface area contributed by atoms with E-state index in [0.717, 1.165) is 12.8 Å². The molecule has 0 atom stereocenters. The number of nitrogens with zero attached hydrogens (tertiary/aromatic N) is 2. The van der Waals surface area contributed by atoms with Gasteiger partial charge in [0.2, 0.25) is 0 Å². The van der Waals surface area contributed by atoms with Crippen molar-refractivity contribution in [2.24, 2.45) is 0 Å². The van der Waals surface area contributed by atoms with Crippen molar-refractivity contribution in [3.05, 3.63) is 148 Å². The Bertz CT molecular complexity index is 2740. The van der Waals surface area contributed by atoms with Crippen molar-refractivity contribution >= 4 is 57.2 Å². The van der Waals surface area contributed by atoms with Gasteiger partial charge in [0, 0.05) is 34.1 Å². The third-order valence-electron chi connectivity index (χ3n) is 14.7. The molecule has 0 amide bonds. The van der Waals surface area contributed by atoms with Gasteiger partial charge in [-0.2, -0.15) is 0 Å². The lowest BCUT2D eigenvalue weighted by Gasteiger charge is -2.45. The maximum absolute atomic E-state index is 2.67. The fourth-order valence-corrected chi connectivity index (χ4v) is 12.4. The van der Waals surface area contributed by atoms with Gasteiger partial charge in [0.25, 0.3) is 6.71 Å². The molecule has 3 heteroatoms. The largest absolute Gasteiger partial charge is 0.311 e. The van der Waals surface area contributed by atoms with Crippen LogP contribution in [0.3, 0.4) is 0 Å². The van der Waals surface area contributed by atoms with E-state index in [4.69, 9.17) is 0 Å². The summed E-state index contributed by atoms with van der Waals surface area (Å²) in [5.74, 6) is 0. The SMILES string of the molecule is Cc1cc2c3c(c1)N(c1ccc(C(C)(C)C)cc1C)c1ccc(-c4ccccc4)cc1B3c1cc3c(cc1N2c1ccc2c(c1)C(C)(C)CC2(C)C)C(C)(C)CC3(C)C. The smallest absolute Gasteiger partial charge is 0.252 e. The maximum atomic E-state index is 2.67. The molecule has 10 rings (SSSR count). The van der Waals surface area contributed by atoms with Gasteiger partial charge in [-0.05, 0) is 163 Å². The minimum Gasteiger partial charge on any atom is -0.311 e. The van der Waals surface area contributed by atoms with Gasteiger partial charge in [0.05, 0.1) is 0 Å². The molecule has 2 aliphatic heterocycles. The summed E-state index contributed by atoms with van der Waals surface area (Å²) < 4.78 is 0. The topological polar surface area (TPSA) is 6.48 Å². The molecule has 4 aliphatic rings. The lowest BCUT2D eigenvalue weighted by Crippen LogP contribution is -2.61. The van der Waals surface area contributed by atoms with Crippen LogP contribution >= 0.6 is 0 Å². The van der Waals surface area contributed by atoms with Gasteiger partial charge in [-0.1, -0.05) is 143 Å². The highest BCUT2D eigenvalue weighted by Gasteiger charge is 2.49. The summed E-state index contributed by atoms with van der Waals surface area (Å²) in [7, 11) is 0. The van der Waals surface area contributed by atoms with E-state index >= 15 is 0 Å². The van der Waals surface area contributed by atoms with Crippen molar-refractivity contribution < 1.29 is 0 Å². The number of anilines is 6. The van der Waals surface area contributed by atoms with Gasteiger partial charge in [-0.15, -0.1) is 0 Å². The predicted molar refractivity (Wildman–Crippen MR) is 255 cm³/mol. The normalized spacial score (nSPS) is 18.6. The Labute approximate surface area is 354 Å². The summed E-state index contributed by atoms with van der Waals surface area (Å²) in [5.41, 5.74) is 24.7. The van der Waals surface area contributed by atoms with Crippen LogP contribution < -0.4 is 26.2 Å². The minimum absolute atomic E-state index is 0.0607. The Morgan fingerprint density at radius 2 is 1.05 bits per heavy atom. The summed E-state index contributed by atoms with van der Waals surface area (Å²) in [5, 5.41) is 0. The zero-order valence-corrected chi connectivity index (χ0v) is 37.8. The molecule has 0 fully saturated rings. The van der Waals surface area contributed by atoms with E-state index in [2.05, 4.69) is 209 Å². The second-order valence-corrected chi connectivity index (χ2v) is 22.3. The van der Waals surface area contributed by atoms with Crippen LogP contribution in [0.25, 0.3) is 11.1 Å². The Kier molecular flexibility index (Phi) is 7.95. The maximum Gasteiger partial charge on any atom is 0.252 e. The van der Waals surface area contributed by atoms with E-state index in [9.17, 15) is 0 Å². The standard InChI is InChI=1S/C56H61BN2/c1-34-25-49-51-50(26-34)59(46-24-20-38(27-35(46)2)52(3,4)5)47-23-19-37(36-17-15-14-16-18-36)28-44(47)57(51)45-30-42-43(56(12,13)33-55(42,10)11)31-48(45)58(49)39-21-22-40-41(29-39)54(8,9)32-53(40,6)7/h14-31H,32-33H2,1-13H3. The Morgan fingerprint density at radius 1 is 0.475 bits per heavy atom. The van der Waals surface area contributed by atoms with Gasteiger partial charge >= 0.3 is 0 Å². The van der Waals surface area contributed by atoms with Crippen LogP contribution in [0.4, 0.5) is 34.1 Å². The summed E-state index contributed by atoms with van der Waals surface area (Å²) in [6.45, 7) is 31.2. The highest BCUT2D eigenvalue weighted by Crippen LogP contribution is 2.55. The first kappa shape index (κ1) is 38.2. The first-order valence-electron chi connectivity index (χ1n) is 22.1. The van der Waals surface area contributed by atoms with Crippen molar-refractivity contribution in [3.8, 4) is 11.1 Å². The highest BCUT2D eigenvalue weighted by atomic mass is 15.2. The fourth-order valence-electron chi connectivity index (χ4n) is 12.4. The van der Waals surface area contributed by atoms with Crippen molar-refractivity contribution in [2.75, 3.05) is 9.80 Å². The molecule has 6 aromatic carbocycles. The van der Waals surface area contributed by atoms with Crippen LogP contribution in [-0.2, 0) is 27.1 Å². The molecular formula is C56H61BN2. The molecule has 2 aliphatic carbocycles.